The molecule has 3 aromatic rings. The number of amides is 2. The topological polar surface area (TPSA) is 78.9 Å². The highest BCUT2D eigenvalue weighted by Crippen LogP contribution is 2.40. The van der Waals surface area contributed by atoms with E-state index < -0.39 is 5.41 Å². The number of anilines is 3. The summed E-state index contributed by atoms with van der Waals surface area (Å²) in [6.45, 7) is 7.33. The fourth-order valence-corrected chi connectivity index (χ4v) is 4.88. The predicted molar refractivity (Wildman–Crippen MR) is 177 cm³/mol. The molecule has 0 atom stereocenters. The Labute approximate surface area is 268 Å². The fourth-order valence-electron chi connectivity index (χ4n) is 4.88. The third kappa shape index (κ3) is 8.49. The van der Waals surface area contributed by atoms with Gasteiger partial charge in [-0.15, -0.1) is 37.2 Å². The zero-order valence-corrected chi connectivity index (χ0v) is 27.4. The van der Waals surface area contributed by atoms with Gasteiger partial charge in [-0.1, -0.05) is 13.0 Å². The van der Waals surface area contributed by atoms with Crippen molar-refractivity contribution in [1.82, 2.24) is 9.97 Å². The first-order valence-electron chi connectivity index (χ1n) is 13.6. The van der Waals surface area contributed by atoms with E-state index in [-0.39, 0.29) is 49.0 Å². The zero-order valence-electron chi connectivity index (χ0n) is 24.9. The van der Waals surface area contributed by atoms with Crippen LogP contribution in [0.3, 0.4) is 0 Å². The lowest BCUT2D eigenvalue weighted by Gasteiger charge is -2.27. The Bertz CT molecular complexity index is 1310. The Morgan fingerprint density at radius 1 is 0.952 bits per heavy atom. The van der Waals surface area contributed by atoms with E-state index in [0.717, 1.165) is 49.3 Å². The Morgan fingerprint density at radius 3 is 2.40 bits per heavy atom. The van der Waals surface area contributed by atoms with Crippen LogP contribution in [-0.4, -0.2) is 55.6 Å². The van der Waals surface area contributed by atoms with Crippen LogP contribution in [-0.2, 0) is 22.4 Å². The third-order valence-corrected chi connectivity index (χ3v) is 7.21. The maximum absolute atomic E-state index is 13.2. The summed E-state index contributed by atoms with van der Waals surface area (Å²) >= 11 is 0. The molecule has 0 spiro atoms. The lowest BCUT2D eigenvalue weighted by molar-refractivity contribution is -0.137. The molecule has 0 unspecified atom stereocenters. The Morgan fingerprint density at radius 2 is 1.71 bits per heavy atom. The average Bonchev–Trinajstić information content (AvgIpc) is 3.00. The van der Waals surface area contributed by atoms with Gasteiger partial charge in [0.15, 0.2) is 0 Å². The van der Waals surface area contributed by atoms with Gasteiger partial charge in [0.25, 0.3) is 0 Å². The molecular weight excluding hydrogens is 597 g/mol. The minimum Gasteiger partial charge on any atom is -0.493 e. The molecule has 2 amide bonds. The predicted octanol–water partition coefficient (Wildman–Crippen LogP) is 6.18. The molecule has 0 fully saturated rings. The normalized spacial score (nSPS) is 13.6. The Balaban J connectivity index is 0.00000294. The molecule has 230 valence electrons. The van der Waals surface area contributed by atoms with Crippen molar-refractivity contribution in [2.24, 2.45) is 5.41 Å². The van der Waals surface area contributed by atoms with E-state index in [1.54, 1.807) is 36.9 Å². The van der Waals surface area contributed by atoms with Crippen LogP contribution >= 0.6 is 37.2 Å². The quantitative estimate of drug-likeness (QED) is 0.184. The minimum atomic E-state index is -1.12. The zero-order chi connectivity index (χ0) is 28.0. The smallest absolute Gasteiger partial charge is 0.242 e. The van der Waals surface area contributed by atoms with Crippen molar-refractivity contribution in [2.45, 2.75) is 46.5 Å². The molecule has 0 aliphatic carbocycles. The number of hydrogen-bond donors (Lipinski definition) is 0. The monoisotopic (exact) mass is 637 g/mol. The van der Waals surface area contributed by atoms with Crippen molar-refractivity contribution < 1.29 is 14.3 Å². The lowest BCUT2D eigenvalue weighted by Crippen LogP contribution is -2.47. The second-order valence-corrected chi connectivity index (χ2v) is 10.6. The number of carbonyl (C=O) groups excluding carboxylic acids is 2. The van der Waals surface area contributed by atoms with Crippen molar-refractivity contribution in [3.8, 4) is 5.75 Å². The molecule has 2 aromatic heterocycles. The molecular formula is C31H42Cl3N5O3. The number of benzene rings is 1. The van der Waals surface area contributed by atoms with Gasteiger partial charge in [0.05, 0.1) is 18.0 Å². The van der Waals surface area contributed by atoms with Gasteiger partial charge in [0, 0.05) is 63.2 Å². The lowest BCUT2D eigenvalue weighted by atomic mass is 9.90. The SMILES string of the molecule is CCCN1C(=O)C(C)(C)C(=O)N(C)c2cc(OCCCN(C)c3ccnc(CCc4cccnc4)c3)ccc21.Cl.Cl.Cl. The maximum atomic E-state index is 13.2. The molecule has 42 heavy (non-hydrogen) atoms. The third-order valence-electron chi connectivity index (χ3n) is 7.21. The number of pyridine rings is 2. The highest BCUT2D eigenvalue weighted by atomic mass is 35.5. The number of nitrogens with zero attached hydrogens (tertiary/aromatic N) is 5. The first-order valence-corrected chi connectivity index (χ1v) is 13.6. The van der Waals surface area contributed by atoms with Gasteiger partial charge in [-0.3, -0.25) is 19.6 Å². The average molecular weight is 639 g/mol. The number of carbonyl (C=O) groups is 2. The van der Waals surface area contributed by atoms with Crippen LogP contribution in [0.2, 0.25) is 0 Å². The van der Waals surface area contributed by atoms with Crippen molar-refractivity contribution >= 4 is 66.1 Å². The summed E-state index contributed by atoms with van der Waals surface area (Å²) in [5.41, 5.74) is 3.70. The standard InChI is InChI=1S/C31H39N5O3.3ClH/c1-6-17-36-27-13-12-26(21-28(27)35(5)29(37)31(2,3)30(36)38)39-19-8-18-34(4)25-14-16-33-24(20-25)11-10-23-9-7-15-32-22-23;;;/h7,9,12-16,20-22H,6,8,10-11,17-19H2,1-5H3;3*1H. The second-order valence-electron chi connectivity index (χ2n) is 10.6. The van der Waals surface area contributed by atoms with E-state index in [2.05, 4.69) is 34.0 Å². The van der Waals surface area contributed by atoms with Gasteiger partial charge in [-0.25, -0.2) is 0 Å². The molecule has 0 N–H and O–H groups in total. The summed E-state index contributed by atoms with van der Waals surface area (Å²) < 4.78 is 6.08. The van der Waals surface area contributed by atoms with Gasteiger partial charge in [-0.05, 0) is 75.4 Å². The van der Waals surface area contributed by atoms with E-state index in [1.165, 1.54) is 5.56 Å². The van der Waals surface area contributed by atoms with Crippen LogP contribution in [0, 0.1) is 5.41 Å². The molecule has 0 saturated carbocycles. The Kier molecular flexibility index (Phi) is 14.6. The molecule has 0 bridgehead atoms. The molecule has 1 aliphatic heterocycles. The second kappa shape index (κ2) is 16.5. The van der Waals surface area contributed by atoms with Gasteiger partial charge in [0.1, 0.15) is 11.2 Å². The number of fused-ring (bicyclic) bond motifs is 1. The molecule has 0 radical (unpaired) electrons. The van der Waals surface area contributed by atoms with Crippen LogP contribution in [0.4, 0.5) is 17.1 Å². The van der Waals surface area contributed by atoms with Gasteiger partial charge >= 0.3 is 0 Å². The van der Waals surface area contributed by atoms with Crippen LogP contribution < -0.4 is 19.4 Å². The number of hydrogen-bond acceptors (Lipinski definition) is 6. The van der Waals surface area contributed by atoms with Crippen LogP contribution in [0.15, 0.2) is 61.1 Å². The van der Waals surface area contributed by atoms with Crippen molar-refractivity contribution in [1.29, 1.82) is 0 Å². The highest BCUT2D eigenvalue weighted by molar-refractivity contribution is 6.20. The van der Waals surface area contributed by atoms with E-state index in [0.29, 0.717) is 24.6 Å². The first kappa shape index (κ1) is 37.0. The largest absolute Gasteiger partial charge is 0.493 e. The summed E-state index contributed by atoms with van der Waals surface area (Å²) in [6.07, 6.45) is 8.95. The summed E-state index contributed by atoms with van der Waals surface area (Å²) in [7, 11) is 3.80. The van der Waals surface area contributed by atoms with E-state index in [1.807, 2.05) is 49.6 Å². The van der Waals surface area contributed by atoms with E-state index in [9.17, 15) is 9.59 Å². The molecule has 1 aliphatic rings. The summed E-state index contributed by atoms with van der Waals surface area (Å²) in [4.78, 5) is 40.6. The molecule has 0 saturated heterocycles. The van der Waals surface area contributed by atoms with E-state index >= 15 is 0 Å². The molecule has 4 rings (SSSR count). The molecule has 1 aromatic carbocycles. The van der Waals surface area contributed by atoms with Gasteiger partial charge < -0.3 is 19.4 Å². The minimum absolute atomic E-state index is 0. The molecule has 8 nitrogen and oxygen atoms in total. The van der Waals surface area contributed by atoms with Crippen LogP contribution in [0.1, 0.15) is 44.9 Å². The first-order chi connectivity index (χ1) is 18.7. The van der Waals surface area contributed by atoms with Crippen LogP contribution in [0.25, 0.3) is 0 Å². The van der Waals surface area contributed by atoms with Crippen molar-refractivity contribution in [3.63, 3.8) is 0 Å². The highest BCUT2D eigenvalue weighted by Gasteiger charge is 2.45. The van der Waals surface area contributed by atoms with Crippen molar-refractivity contribution in [2.75, 3.05) is 48.5 Å². The van der Waals surface area contributed by atoms with Crippen LogP contribution in [0.5, 0.6) is 5.75 Å². The van der Waals surface area contributed by atoms with Gasteiger partial charge in [-0.2, -0.15) is 0 Å². The number of aryl methyl sites for hydroxylation is 2. The maximum Gasteiger partial charge on any atom is 0.242 e. The van der Waals surface area contributed by atoms with Crippen molar-refractivity contribution in [3.05, 3.63) is 72.3 Å². The number of ether oxygens (including phenoxy) is 1. The Hall–Kier alpha value is -3.07. The fraction of sp³-hybridized carbons (Fsp3) is 0.419. The number of rotatable bonds is 11. The summed E-state index contributed by atoms with van der Waals surface area (Å²) in [5.74, 6) is 0.289. The van der Waals surface area contributed by atoms with Gasteiger partial charge in [0.2, 0.25) is 11.8 Å². The van der Waals surface area contributed by atoms with E-state index in [4.69, 9.17) is 4.74 Å². The molecule has 11 heteroatoms. The number of aromatic nitrogens is 2. The number of halogens is 3. The molecule has 3 heterocycles. The summed E-state index contributed by atoms with van der Waals surface area (Å²) in [6, 6.07) is 13.9. The summed E-state index contributed by atoms with van der Waals surface area (Å²) in [5, 5.41) is 0.